The quantitative estimate of drug-likeness (QED) is 0.410. The SMILES string of the molecule is CC.Cc1cccc(Cl)c1Cn1nc(C)c2ccc(C(F)(F)C(=O)OC(C)(C)C)cc21. The zero-order valence-electron chi connectivity index (χ0n) is 19.0. The lowest BCUT2D eigenvalue weighted by Crippen LogP contribution is -2.34. The molecule has 0 aliphatic rings. The Morgan fingerprint density at radius 2 is 1.77 bits per heavy atom. The number of carbonyl (C=O) groups excluding carboxylic acids is 1. The van der Waals surface area contributed by atoms with Crippen LogP contribution < -0.4 is 0 Å². The Morgan fingerprint density at radius 3 is 2.35 bits per heavy atom. The molecule has 4 nitrogen and oxygen atoms in total. The van der Waals surface area contributed by atoms with Crippen molar-refractivity contribution in [2.75, 3.05) is 0 Å². The lowest BCUT2D eigenvalue weighted by atomic mass is 10.0. The van der Waals surface area contributed by atoms with Crippen molar-refractivity contribution in [2.45, 2.75) is 66.5 Å². The van der Waals surface area contributed by atoms with Crippen molar-refractivity contribution in [2.24, 2.45) is 0 Å². The number of hydrogen-bond donors (Lipinski definition) is 0. The van der Waals surface area contributed by atoms with Gasteiger partial charge >= 0.3 is 11.9 Å². The number of esters is 1. The predicted molar refractivity (Wildman–Crippen MR) is 121 cm³/mol. The molecule has 0 radical (unpaired) electrons. The number of aromatic nitrogens is 2. The minimum absolute atomic E-state index is 0.331. The average Bonchev–Trinajstić information content (AvgIpc) is 3.00. The van der Waals surface area contributed by atoms with E-state index in [1.165, 1.54) is 12.1 Å². The summed E-state index contributed by atoms with van der Waals surface area (Å²) in [6.07, 6.45) is 0. The predicted octanol–water partition coefficient (Wildman–Crippen LogP) is 6.81. The number of benzene rings is 2. The van der Waals surface area contributed by atoms with Crippen LogP contribution in [0, 0.1) is 13.8 Å². The van der Waals surface area contributed by atoms with Crippen LogP contribution in [0.25, 0.3) is 10.9 Å². The van der Waals surface area contributed by atoms with Crippen molar-refractivity contribution in [3.8, 4) is 0 Å². The molecule has 2 aromatic carbocycles. The summed E-state index contributed by atoms with van der Waals surface area (Å²) >= 11 is 6.32. The van der Waals surface area contributed by atoms with E-state index >= 15 is 0 Å². The van der Waals surface area contributed by atoms with Crippen LogP contribution in [0.1, 0.15) is 57.0 Å². The molecular formula is C24H29ClF2N2O2. The Balaban J connectivity index is 0.00000166. The van der Waals surface area contributed by atoms with Crippen LogP contribution in [0.5, 0.6) is 0 Å². The van der Waals surface area contributed by atoms with Gasteiger partial charge in [0.25, 0.3) is 0 Å². The van der Waals surface area contributed by atoms with E-state index in [1.807, 2.05) is 39.8 Å². The standard InChI is InChI=1S/C22H23ClF2N2O2.C2H6/c1-13-7-6-8-18(23)17(13)12-27-19-11-15(9-10-16(19)14(2)26-27)22(24,25)20(28)29-21(3,4)5;1-2/h6-11H,12H2,1-5H3;1-2H3. The summed E-state index contributed by atoms with van der Waals surface area (Å²) in [4.78, 5) is 12.1. The first-order chi connectivity index (χ1) is 14.4. The highest BCUT2D eigenvalue weighted by atomic mass is 35.5. The number of carbonyl (C=O) groups is 1. The maximum atomic E-state index is 14.8. The largest absolute Gasteiger partial charge is 0.455 e. The first-order valence-electron chi connectivity index (χ1n) is 10.2. The summed E-state index contributed by atoms with van der Waals surface area (Å²) in [6, 6.07) is 9.66. The van der Waals surface area contributed by atoms with Gasteiger partial charge < -0.3 is 4.74 Å². The maximum Gasteiger partial charge on any atom is 0.382 e. The third-order valence-corrected chi connectivity index (χ3v) is 4.97. The van der Waals surface area contributed by atoms with Crippen molar-refractivity contribution in [3.63, 3.8) is 0 Å². The molecule has 0 spiro atoms. The van der Waals surface area contributed by atoms with E-state index in [0.29, 0.717) is 22.8 Å². The van der Waals surface area contributed by atoms with Crippen molar-refractivity contribution in [1.82, 2.24) is 9.78 Å². The second-order valence-corrected chi connectivity index (χ2v) is 8.49. The lowest BCUT2D eigenvalue weighted by molar-refractivity contribution is -0.185. The molecule has 0 saturated carbocycles. The van der Waals surface area contributed by atoms with Crippen molar-refractivity contribution in [1.29, 1.82) is 0 Å². The first-order valence-corrected chi connectivity index (χ1v) is 10.6. The van der Waals surface area contributed by atoms with Gasteiger partial charge in [0.1, 0.15) is 5.60 Å². The Kier molecular flexibility index (Phi) is 7.48. The van der Waals surface area contributed by atoms with Gasteiger partial charge in [-0.3, -0.25) is 4.68 Å². The summed E-state index contributed by atoms with van der Waals surface area (Å²) in [6.45, 7) is 12.7. The van der Waals surface area contributed by atoms with Crippen LogP contribution in [0.3, 0.4) is 0 Å². The van der Waals surface area contributed by atoms with E-state index in [0.717, 1.165) is 16.5 Å². The zero-order chi connectivity index (χ0) is 23.6. The molecule has 31 heavy (non-hydrogen) atoms. The number of nitrogens with zero attached hydrogens (tertiary/aromatic N) is 2. The number of hydrogen-bond acceptors (Lipinski definition) is 3. The molecule has 3 rings (SSSR count). The fourth-order valence-electron chi connectivity index (χ4n) is 3.13. The zero-order valence-corrected chi connectivity index (χ0v) is 19.8. The van der Waals surface area contributed by atoms with E-state index in [9.17, 15) is 13.6 Å². The molecule has 168 valence electrons. The van der Waals surface area contributed by atoms with E-state index in [1.54, 1.807) is 37.6 Å². The molecule has 7 heteroatoms. The summed E-state index contributed by atoms with van der Waals surface area (Å²) in [5.41, 5.74) is 1.61. The second kappa shape index (κ2) is 9.35. The minimum atomic E-state index is -3.77. The smallest absolute Gasteiger partial charge is 0.382 e. The Hall–Kier alpha value is -2.47. The van der Waals surface area contributed by atoms with Crippen molar-refractivity contribution < 1.29 is 18.3 Å². The van der Waals surface area contributed by atoms with Gasteiger partial charge in [-0.2, -0.15) is 13.9 Å². The molecule has 0 saturated heterocycles. The van der Waals surface area contributed by atoms with Crippen LogP contribution in [0.2, 0.25) is 5.02 Å². The molecule has 0 amide bonds. The highest BCUT2D eigenvalue weighted by Gasteiger charge is 2.44. The number of alkyl halides is 2. The number of halogens is 3. The summed E-state index contributed by atoms with van der Waals surface area (Å²) in [5.74, 6) is -5.35. The van der Waals surface area contributed by atoms with Crippen molar-refractivity contribution >= 4 is 28.5 Å². The molecule has 1 aromatic heterocycles. The molecule has 0 aliphatic heterocycles. The summed E-state index contributed by atoms with van der Waals surface area (Å²) < 4.78 is 36.1. The van der Waals surface area contributed by atoms with Gasteiger partial charge in [0, 0.05) is 16.0 Å². The number of rotatable bonds is 4. The molecule has 0 atom stereocenters. The van der Waals surface area contributed by atoms with Crippen LogP contribution >= 0.6 is 11.6 Å². The molecular weight excluding hydrogens is 422 g/mol. The Bertz CT molecular complexity index is 1060. The van der Waals surface area contributed by atoms with E-state index in [2.05, 4.69) is 5.10 Å². The van der Waals surface area contributed by atoms with Crippen molar-refractivity contribution in [3.05, 3.63) is 63.8 Å². The van der Waals surface area contributed by atoms with Crippen LogP contribution in [0.15, 0.2) is 36.4 Å². The summed E-state index contributed by atoms with van der Waals surface area (Å²) in [5, 5.41) is 5.81. The average molecular weight is 451 g/mol. The number of aryl methyl sites for hydroxylation is 2. The minimum Gasteiger partial charge on any atom is -0.455 e. The van der Waals surface area contributed by atoms with Gasteiger partial charge in [-0.25, -0.2) is 4.79 Å². The lowest BCUT2D eigenvalue weighted by Gasteiger charge is -2.23. The van der Waals surface area contributed by atoms with Gasteiger partial charge in [-0.05, 0) is 57.9 Å². The molecule has 0 fully saturated rings. The second-order valence-electron chi connectivity index (χ2n) is 8.09. The van der Waals surface area contributed by atoms with Gasteiger partial charge in [0.2, 0.25) is 0 Å². The third-order valence-electron chi connectivity index (χ3n) is 4.62. The summed E-state index contributed by atoms with van der Waals surface area (Å²) in [7, 11) is 0. The normalized spacial score (nSPS) is 11.8. The van der Waals surface area contributed by atoms with Gasteiger partial charge in [-0.15, -0.1) is 0 Å². The number of ether oxygens (including phenoxy) is 1. The topological polar surface area (TPSA) is 44.1 Å². The highest BCUT2D eigenvalue weighted by Crippen LogP contribution is 2.34. The monoisotopic (exact) mass is 450 g/mol. The molecule has 3 aromatic rings. The Morgan fingerprint density at radius 1 is 1.13 bits per heavy atom. The van der Waals surface area contributed by atoms with Crippen LogP contribution in [-0.4, -0.2) is 21.4 Å². The van der Waals surface area contributed by atoms with E-state index < -0.39 is 23.1 Å². The van der Waals surface area contributed by atoms with Gasteiger partial charge in [0.05, 0.1) is 17.8 Å². The van der Waals surface area contributed by atoms with Gasteiger partial charge in [-0.1, -0.05) is 49.7 Å². The van der Waals surface area contributed by atoms with E-state index in [4.69, 9.17) is 16.3 Å². The fourth-order valence-corrected chi connectivity index (χ4v) is 3.41. The maximum absolute atomic E-state index is 14.8. The number of fused-ring (bicyclic) bond motifs is 1. The highest BCUT2D eigenvalue weighted by molar-refractivity contribution is 6.31. The molecule has 1 heterocycles. The molecule has 0 N–H and O–H groups in total. The van der Waals surface area contributed by atoms with Crippen LogP contribution in [-0.2, 0) is 22.0 Å². The van der Waals surface area contributed by atoms with Gasteiger partial charge in [0.15, 0.2) is 0 Å². The molecule has 0 unspecified atom stereocenters. The van der Waals surface area contributed by atoms with E-state index in [-0.39, 0.29) is 0 Å². The Labute approximate surface area is 187 Å². The fraction of sp³-hybridized carbons (Fsp3) is 0.417. The first kappa shape index (κ1) is 24.8. The molecule has 0 aliphatic carbocycles. The molecule has 0 bridgehead atoms. The third kappa shape index (κ3) is 5.42. The van der Waals surface area contributed by atoms with Crippen LogP contribution in [0.4, 0.5) is 8.78 Å².